The van der Waals surface area contributed by atoms with Crippen molar-refractivity contribution in [3.63, 3.8) is 0 Å². The minimum atomic E-state index is -0.834. The molecule has 1 aliphatic rings. The lowest BCUT2D eigenvalue weighted by atomic mass is 9.81. The molecule has 1 aromatic heterocycles. The van der Waals surface area contributed by atoms with Gasteiger partial charge in [0.2, 0.25) is 17.6 Å². The zero-order valence-corrected chi connectivity index (χ0v) is 30.4. The molecule has 3 aromatic carbocycles. The van der Waals surface area contributed by atoms with E-state index in [0.717, 1.165) is 53.5 Å². The second-order valence-electron chi connectivity index (χ2n) is 13.2. The van der Waals surface area contributed by atoms with Crippen molar-refractivity contribution in [2.75, 3.05) is 58.6 Å². The number of hydrogen-bond donors (Lipinski definition) is 5. The van der Waals surface area contributed by atoms with E-state index in [0.29, 0.717) is 69.1 Å². The van der Waals surface area contributed by atoms with Gasteiger partial charge in [-0.25, -0.2) is 0 Å². The average Bonchev–Trinajstić information content (AvgIpc) is 3.73. The second kappa shape index (κ2) is 20.3. The summed E-state index contributed by atoms with van der Waals surface area (Å²) in [6.45, 7) is 5.28. The van der Waals surface area contributed by atoms with Gasteiger partial charge in [-0.15, -0.1) is 10.2 Å². The van der Waals surface area contributed by atoms with Crippen LogP contribution in [0.25, 0.3) is 22.5 Å². The molecule has 14 nitrogen and oxygen atoms in total. The molecule has 14 heteroatoms. The number of nitrogens with two attached hydrogens (primary N) is 1. The van der Waals surface area contributed by atoms with Gasteiger partial charge in [0.1, 0.15) is 6.04 Å². The van der Waals surface area contributed by atoms with E-state index in [1.165, 1.54) is 0 Å². The first-order valence-electron chi connectivity index (χ1n) is 18.1. The molecule has 53 heavy (non-hydrogen) atoms. The zero-order valence-electron chi connectivity index (χ0n) is 30.4. The number of anilines is 1. The standard InChI is InChI=1S/C39H50N8O6/c1-26-6-9-32(37(48)41-16-17-52-20-21-53-19-18-51-2)24-34(26)31-5-3-4-28(22-31)23-35(43-38(49)30-10-7-27(25-40)8-11-30)39(50)42-33-14-12-29(13-15-33)36-44-46-47-45-36/h3-6,9,12-15,22,24,27,30,35H,7-8,10-11,16-21,23,25,40H2,1-2H3,(H,41,48)(H,42,50)(H,43,49)(H,44,45,46,47)/t27?,30?,35-/m0/s1. The highest BCUT2D eigenvalue weighted by Gasteiger charge is 2.29. The maximum absolute atomic E-state index is 13.8. The Labute approximate surface area is 309 Å². The number of rotatable bonds is 19. The molecule has 0 bridgehead atoms. The van der Waals surface area contributed by atoms with Crippen molar-refractivity contribution in [1.29, 1.82) is 0 Å². The Bertz CT molecular complexity index is 1760. The SMILES string of the molecule is COCCOCCOCCNC(=O)c1ccc(C)c(-c2cccc(C[C@H](NC(=O)C3CCC(CN)CC3)C(=O)Nc3ccc(-c4nn[nH]n4)cc3)c2)c1. The van der Waals surface area contributed by atoms with Gasteiger partial charge in [-0.2, -0.15) is 5.21 Å². The smallest absolute Gasteiger partial charge is 0.251 e. The van der Waals surface area contributed by atoms with Crippen LogP contribution in [0, 0.1) is 18.8 Å². The molecule has 0 unspecified atom stereocenters. The molecular weight excluding hydrogens is 676 g/mol. The molecule has 282 valence electrons. The summed E-state index contributed by atoms with van der Waals surface area (Å²) in [5, 5.41) is 23.0. The predicted octanol–water partition coefficient (Wildman–Crippen LogP) is 3.68. The summed E-state index contributed by atoms with van der Waals surface area (Å²) < 4.78 is 15.9. The lowest BCUT2D eigenvalue weighted by Gasteiger charge is -2.28. The van der Waals surface area contributed by atoms with E-state index in [9.17, 15) is 14.4 Å². The number of hydrogen-bond acceptors (Lipinski definition) is 10. The number of methoxy groups -OCH3 is 1. The predicted molar refractivity (Wildman–Crippen MR) is 201 cm³/mol. The molecule has 0 aliphatic heterocycles. The molecule has 0 radical (unpaired) electrons. The first-order chi connectivity index (χ1) is 25.8. The minimum absolute atomic E-state index is 0.125. The van der Waals surface area contributed by atoms with Gasteiger partial charge < -0.3 is 35.9 Å². The summed E-state index contributed by atoms with van der Waals surface area (Å²) in [5.74, 6) is 0.0494. The maximum Gasteiger partial charge on any atom is 0.251 e. The number of nitrogens with zero attached hydrogens (tertiary/aromatic N) is 3. The maximum atomic E-state index is 13.8. The summed E-state index contributed by atoms with van der Waals surface area (Å²) in [5.41, 5.74) is 11.4. The van der Waals surface area contributed by atoms with Crippen LogP contribution in [0.1, 0.15) is 47.2 Å². The second-order valence-corrected chi connectivity index (χ2v) is 13.2. The van der Waals surface area contributed by atoms with Gasteiger partial charge in [0.25, 0.3) is 5.91 Å². The molecule has 1 aliphatic carbocycles. The van der Waals surface area contributed by atoms with Crippen molar-refractivity contribution in [2.24, 2.45) is 17.6 Å². The van der Waals surface area contributed by atoms with Gasteiger partial charge in [-0.3, -0.25) is 14.4 Å². The molecule has 6 N–H and O–H groups in total. The van der Waals surface area contributed by atoms with Crippen LogP contribution in [0.5, 0.6) is 0 Å². The molecule has 0 spiro atoms. The highest BCUT2D eigenvalue weighted by molar-refractivity contribution is 5.98. The number of aromatic amines is 1. The van der Waals surface area contributed by atoms with Crippen molar-refractivity contribution in [1.82, 2.24) is 31.3 Å². The topological polar surface area (TPSA) is 195 Å². The number of benzene rings is 3. The van der Waals surface area contributed by atoms with Crippen LogP contribution in [0.3, 0.4) is 0 Å². The van der Waals surface area contributed by atoms with E-state index in [-0.39, 0.29) is 30.1 Å². The Morgan fingerprint density at radius 2 is 1.66 bits per heavy atom. The Kier molecular flexibility index (Phi) is 15.0. The van der Waals surface area contributed by atoms with Gasteiger partial charge >= 0.3 is 0 Å². The van der Waals surface area contributed by atoms with Crippen molar-refractivity contribution < 1.29 is 28.6 Å². The molecule has 1 saturated carbocycles. The average molecular weight is 727 g/mol. The third-order valence-corrected chi connectivity index (χ3v) is 9.45. The van der Waals surface area contributed by atoms with Crippen molar-refractivity contribution >= 4 is 23.4 Å². The fourth-order valence-corrected chi connectivity index (χ4v) is 6.35. The van der Waals surface area contributed by atoms with Gasteiger partial charge in [-0.05, 0) is 109 Å². The fraction of sp³-hybridized carbons (Fsp3) is 0.436. The molecule has 3 amide bonds. The van der Waals surface area contributed by atoms with Crippen LogP contribution >= 0.6 is 0 Å². The third-order valence-electron chi connectivity index (χ3n) is 9.45. The van der Waals surface area contributed by atoms with E-state index < -0.39 is 6.04 Å². The quantitative estimate of drug-likeness (QED) is 0.0890. The van der Waals surface area contributed by atoms with E-state index in [1.54, 1.807) is 37.4 Å². The highest BCUT2D eigenvalue weighted by Crippen LogP contribution is 2.29. The number of amides is 3. The summed E-state index contributed by atoms with van der Waals surface area (Å²) in [6, 6.07) is 19.7. The number of carbonyl (C=O) groups is 3. The number of tetrazole rings is 1. The Hall–Kier alpha value is -5.02. The van der Waals surface area contributed by atoms with E-state index in [2.05, 4.69) is 36.6 Å². The lowest BCUT2D eigenvalue weighted by molar-refractivity contribution is -0.130. The van der Waals surface area contributed by atoms with Crippen molar-refractivity contribution in [2.45, 2.75) is 45.1 Å². The molecular formula is C39H50N8O6. The van der Waals surface area contributed by atoms with Crippen molar-refractivity contribution in [3.8, 4) is 22.5 Å². The summed E-state index contributed by atoms with van der Waals surface area (Å²) in [6.07, 6.45) is 3.55. The molecule has 5 rings (SSSR count). The first kappa shape index (κ1) is 39.2. The van der Waals surface area contributed by atoms with Crippen LogP contribution in [-0.4, -0.2) is 97.6 Å². The van der Waals surface area contributed by atoms with Crippen molar-refractivity contribution in [3.05, 3.63) is 83.4 Å². The van der Waals surface area contributed by atoms with Crippen LogP contribution in [-0.2, 0) is 30.2 Å². The van der Waals surface area contributed by atoms with Gasteiger partial charge in [0.05, 0.1) is 33.0 Å². The Balaban J connectivity index is 1.25. The minimum Gasteiger partial charge on any atom is -0.382 e. The molecule has 1 fully saturated rings. The fourth-order valence-electron chi connectivity index (χ4n) is 6.35. The largest absolute Gasteiger partial charge is 0.382 e. The third kappa shape index (κ3) is 11.7. The molecule has 4 aromatic rings. The van der Waals surface area contributed by atoms with Gasteiger partial charge in [0.15, 0.2) is 0 Å². The van der Waals surface area contributed by atoms with Crippen LogP contribution in [0.4, 0.5) is 5.69 Å². The highest BCUT2D eigenvalue weighted by atomic mass is 16.5. The lowest BCUT2D eigenvalue weighted by Crippen LogP contribution is -2.48. The van der Waals surface area contributed by atoms with E-state index >= 15 is 0 Å². The molecule has 1 heterocycles. The summed E-state index contributed by atoms with van der Waals surface area (Å²) in [7, 11) is 1.62. The number of nitrogens with one attached hydrogen (secondary N) is 4. The number of H-pyrrole nitrogens is 1. The van der Waals surface area contributed by atoms with Crippen LogP contribution in [0.15, 0.2) is 66.7 Å². The molecule has 1 atom stereocenters. The van der Waals surface area contributed by atoms with Gasteiger partial charge in [-0.1, -0.05) is 30.3 Å². The first-order valence-corrected chi connectivity index (χ1v) is 18.1. The van der Waals surface area contributed by atoms with Gasteiger partial charge in [0, 0.05) is 42.8 Å². The van der Waals surface area contributed by atoms with E-state index in [1.807, 2.05) is 43.3 Å². The Morgan fingerprint density at radius 3 is 2.38 bits per heavy atom. The number of ether oxygens (including phenoxy) is 3. The summed E-state index contributed by atoms with van der Waals surface area (Å²) >= 11 is 0. The summed E-state index contributed by atoms with van der Waals surface area (Å²) in [4.78, 5) is 40.4. The van der Waals surface area contributed by atoms with Crippen LogP contribution in [0.2, 0.25) is 0 Å². The number of aryl methyl sites for hydroxylation is 1. The monoisotopic (exact) mass is 726 g/mol. The molecule has 0 saturated heterocycles. The van der Waals surface area contributed by atoms with E-state index in [4.69, 9.17) is 19.9 Å². The van der Waals surface area contributed by atoms with Crippen LogP contribution < -0.4 is 21.7 Å². The zero-order chi connectivity index (χ0) is 37.4. The number of aromatic nitrogens is 4. The number of carbonyl (C=O) groups excluding carboxylic acids is 3. The Morgan fingerprint density at radius 1 is 0.906 bits per heavy atom. The normalized spacial score (nSPS) is 16.1.